The van der Waals surface area contributed by atoms with Crippen LogP contribution in [0.3, 0.4) is 0 Å². The summed E-state index contributed by atoms with van der Waals surface area (Å²) in [5.41, 5.74) is 0. The Balaban J connectivity index is 2.23. The van der Waals surface area contributed by atoms with E-state index >= 15 is 0 Å². The topological polar surface area (TPSA) is 99.1 Å². The highest BCUT2D eigenvalue weighted by molar-refractivity contribution is 5.74. The molecule has 2 amide bonds. The molecule has 0 saturated carbocycles. The fraction of sp³-hybridized carbons (Fsp3) is 0.857. The number of amides is 2. The Hall–Kier alpha value is -1.34. The maximum Gasteiger partial charge on any atom is 0.317 e. The van der Waals surface area contributed by atoms with E-state index in [0.29, 0.717) is 38.6 Å². The lowest BCUT2D eigenvalue weighted by molar-refractivity contribution is -0.137. The summed E-state index contributed by atoms with van der Waals surface area (Å²) in [6.45, 7) is 3.85. The Bertz CT molecular complexity index is 337. The van der Waals surface area contributed by atoms with Gasteiger partial charge in [-0.05, 0) is 18.8 Å². The zero-order chi connectivity index (χ0) is 15.7. The molecule has 1 aliphatic rings. The van der Waals surface area contributed by atoms with Crippen molar-refractivity contribution in [1.82, 2.24) is 10.2 Å². The maximum absolute atomic E-state index is 12.0. The summed E-state index contributed by atoms with van der Waals surface area (Å²) in [7, 11) is 0. The van der Waals surface area contributed by atoms with Crippen LogP contribution in [0.4, 0.5) is 4.79 Å². The number of morpholine rings is 1. The van der Waals surface area contributed by atoms with E-state index in [1.807, 2.05) is 6.92 Å². The molecule has 7 nitrogen and oxygen atoms in total. The Kier molecular flexibility index (Phi) is 8.07. The first-order valence-electron chi connectivity index (χ1n) is 7.53. The first-order chi connectivity index (χ1) is 10.1. The van der Waals surface area contributed by atoms with Gasteiger partial charge in [-0.1, -0.05) is 13.3 Å². The van der Waals surface area contributed by atoms with E-state index in [4.69, 9.17) is 14.9 Å². The first-order valence-corrected chi connectivity index (χ1v) is 7.53. The quantitative estimate of drug-likeness (QED) is 0.612. The molecular formula is C14H26N2O5. The first kappa shape index (κ1) is 17.7. The lowest BCUT2D eigenvalue weighted by Crippen LogP contribution is -2.50. The minimum absolute atomic E-state index is 0.0864. The Morgan fingerprint density at radius 1 is 1.43 bits per heavy atom. The van der Waals surface area contributed by atoms with Gasteiger partial charge >= 0.3 is 12.0 Å². The van der Waals surface area contributed by atoms with E-state index < -0.39 is 5.97 Å². The Morgan fingerprint density at radius 3 is 2.81 bits per heavy atom. The van der Waals surface area contributed by atoms with Crippen molar-refractivity contribution in [2.75, 3.05) is 32.8 Å². The lowest BCUT2D eigenvalue weighted by atomic mass is 9.97. The van der Waals surface area contributed by atoms with E-state index in [9.17, 15) is 9.59 Å². The van der Waals surface area contributed by atoms with Crippen LogP contribution in [0.15, 0.2) is 0 Å². The molecule has 21 heavy (non-hydrogen) atoms. The molecule has 7 heteroatoms. The van der Waals surface area contributed by atoms with Crippen LogP contribution in [0.25, 0.3) is 0 Å². The van der Waals surface area contributed by atoms with Crippen LogP contribution in [0, 0.1) is 5.92 Å². The molecule has 0 aromatic rings. The number of carbonyl (C=O) groups excluding carboxylic acids is 1. The van der Waals surface area contributed by atoms with Crippen LogP contribution in [0.1, 0.15) is 32.6 Å². The molecule has 1 rings (SSSR count). The van der Waals surface area contributed by atoms with E-state index in [2.05, 4.69) is 5.32 Å². The molecule has 3 N–H and O–H groups in total. The largest absolute Gasteiger partial charge is 0.481 e. The normalized spacial score (nSPS) is 20.1. The van der Waals surface area contributed by atoms with Gasteiger partial charge in [0.05, 0.1) is 25.9 Å². The maximum atomic E-state index is 12.0. The molecule has 0 bridgehead atoms. The Labute approximate surface area is 125 Å². The molecule has 1 fully saturated rings. The number of carboxylic acids is 1. The molecule has 0 aromatic heterocycles. The predicted molar refractivity (Wildman–Crippen MR) is 77.1 cm³/mol. The summed E-state index contributed by atoms with van der Waals surface area (Å²) in [5, 5.41) is 20.6. The molecule has 1 aliphatic heterocycles. The second kappa shape index (κ2) is 9.57. The molecule has 1 heterocycles. The van der Waals surface area contributed by atoms with Crippen molar-refractivity contribution in [3.05, 3.63) is 0 Å². The third-order valence-corrected chi connectivity index (χ3v) is 3.80. The number of carbonyl (C=O) groups is 2. The van der Waals surface area contributed by atoms with Gasteiger partial charge in [-0.25, -0.2) is 4.79 Å². The molecule has 0 radical (unpaired) electrons. The van der Waals surface area contributed by atoms with Crippen LogP contribution < -0.4 is 5.32 Å². The summed E-state index contributed by atoms with van der Waals surface area (Å²) < 4.78 is 5.29. The highest BCUT2D eigenvalue weighted by Crippen LogP contribution is 2.14. The van der Waals surface area contributed by atoms with Gasteiger partial charge < -0.3 is 25.2 Å². The average molecular weight is 302 g/mol. The highest BCUT2D eigenvalue weighted by atomic mass is 16.5. The summed E-state index contributed by atoms with van der Waals surface area (Å²) >= 11 is 0. The van der Waals surface area contributed by atoms with Gasteiger partial charge in [0.15, 0.2) is 0 Å². The number of rotatable bonds is 8. The van der Waals surface area contributed by atoms with Crippen molar-refractivity contribution in [1.29, 1.82) is 0 Å². The van der Waals surface area contributed by atoms with Crippen molar-refractivity contribution in [2.45, 2.75) is 38.7 Å². The van der Waals surface area contributed by atoms with Gasteiger partial charge in [-0.15, -0.1) is 0 Å². The van der Waals surface area contributed by atoms with E-state index in [-0.39, 0.29) is 25.2 Å². The van der Waals surface area contributed by atoms with Crippen molar-refractivity contribution < 1.29 is 24.5 Å². The number of aliphatic carboxylic acids is 1. The highest BCUT2D eigenvalue weighted by Gasteiger charge is 2.23. The van der Waals surface area contributed by atoms with Crippen molar-refractivity contribution >= 4 is 12.0 Å². The molecule has 2 unspecified atom stereocenters. The minimum Gasteiger partial charge on any atom is -0.481 e. The number of hydrogen-bond donors (Lipinski definition) is 3. The zero-order valence-electron chi connectivity index (χ0n) is 12.6. The average Bonchev–Trinajstić information content (AvgIpc) is 2.50. The van der Waals surface area contributed by atoms with E-state index in [1.54, 1.807) is 4.90 Å². The third-order valence-electron chi connectivity index (χ3n) is 3.80. The van der Waals surface area contributed by atoms with E-state index in [0.717, 1.165) is 12.8 Å². The van der Waals surface area contributed by atoms with Crippen LogP contribution >= 0.6 is 0 Å². The van der Waals surface area contributed by atoms with Gasteiger partial charge in [0.25, 0.3) is 0 Å². The number of aliphatic hydroxyl groups excluding tert-OH is 1. The van der Waals surface area contributed by atoms with Crippen molar-refractivity contribution in [3.63, 3.8) is 0 Å². The molecule has 0 spiro atoms. The number of nitrogens with one attached hydrogen (secondary N) is 1. The molecule has 0 aromatic carbocycles. The van der Waals surface area contributed by atoms with Crippen molar-refractivity contribution in [3.8, 4) is 0 Å². The lowest BCUT2D eigenvalue weighted by Gasteiger charge is -2.32. The number of urea groups is 1. The van der Waals surface area contributed by atoms with E-state index in [1.165, 1.54) is 0 Å². The fourth-order valence-electron chi connectivity index (χ4n) is 2.39. The van der Waals surface area contributed by atoms with Gasteiger partial charge in [0.2, 0.25) is 0 Å². The molecule has 1 saturated heterocycles. The van der Waals surface area contributed by atoms with Crippen LogP contribution in [0.5, 0.6) is 0 Å². The zero-order valence-corrected chi connectivity index (χ0v) is 12.6. The number of nitrogens with zero attached hydrogens (tertiary/aromatic N) is 1. The number of aliphatic hydroxyl groups is 1. The second-order valence-electron chi connectivity index (χ2n) is 5.35. The van der Waals surface area contributed by atoms with Gasteiger partial charge in [-0.3, -0.25) is 4.79 Å². The number of hydrogen-bond acceptors (Lipinski definition) is 4. The molecule has 0 aliphatic carbocycles. The van der Waals surface area contributed by atoms with Crippen LogP contribution in [0.2, 0.25) is 0 Å². The SMILES string of the molecule is CCC(CCNC(=O)N1CCOC(CO)C1)CCC(=O)O. The number of carboxylic acid groups (broad SMARTS) is 1. The van der Waals surface area contributed by atoms with Gasteiger partial charge in [-0.2, -0.15) is 0 Å². The number of ether oxygens (including phenoxy) is 1. The Morgan fingerprint density at radius 2 is 2.19 bits per heavy atom. The summed E-state index contributed by atoms with van der Waals surface area (Å²) in [4.78, 5) is 24.2. The standard InChI is InChI=1S/C14H26N2O5/c1-2-11(3-4-13(18)19)5-6-15-14(20)16-7-8-21-12(9-16)10-17/h11-12,17H,2-10H2,1H3,(H,15,20)(H,18,19). The molecule has 122 valence electrons. The van der Waals surface area contributed by atoms with Crippen LogP contribution in [-0.4, -0.2) is 66.1 Å². The summed E-state index contributed by atoms with van der Waals surface area (Å²) in [6.07, 6.45) is 2.21. The molecule has 2 atom stereocenters. The predicted octanol–water partition coefficient (Wildman–Crippen LogP) is 0.670. The van der Waals surface area contributed by atoms with Crippen molar-refractivity contribution in [2.24, 2.45) is 5.92 Å². The van der Waals surface area contributed by atoms with Gasteiger partial charge in [0, 0.05) is 19.5 Å². The fourth-order valence-corrected chi connectivity index (χ4v) is 2.39. The molecular weight excluding hydrogens is 276 g/mol. The van der Waals surface area contributed by atoms with Crippen LogP contribution in [-0.2, 0) is 9.53 Å². The summed E-state index contributed by atoms with van der Waals surface area (Å²) in [6, 6.07) is -0.148. The minimum atomic E-state index is -0.777. The monoisotopic (exact) mass is 302 g/mol. The second-order valence-corrected chi connectivity index (χ2v) is 5.35. The smallest absolute Gasteiger partial charge is 0.317 e. The summed E-state index contributed by atoms with van der Waals surface area (Å²) in [5.74, 6) is -0.461. The third kappa shape index (κ3) is 6.77. The van der Waals surface area contributed by atoms with Gasteiger partial charge in [0.1, 0.15) is 0 Å².